The van der Waals surface area contributed by atoms with E-state index < -0.39 is 0 Å². The summed E-state index contributed by atoms with van der Waals surface area (Å²) in [6, 6.07) is 9.98. The normalized spacial score (nSPS) is 16.1. The van der Waals surface area contributed by atoms with Crippen molar-refractivity contribution >= 4 is 5.96 Å². The quantitative estimate of drug-likeness (QED) is 0.423. The molecule has 0 bridgehead atoms. The Hall–Kier alpha value is -1.75. The van der Waals surface area contributed by atoms with Crippen LogP contribution in [0, 0.1) is 0 Å². The van der Waals surface area contributed by atoms with E-state index in [0.717, 1.165) is 76.8 Å². The van der Waals surface area contributed by atoms with E-state index in [4.69, 9.17) is 14.5 Å². The predicted octanol–water partition coefficient (Wildman–Crippen LogP) is 3.31. The lowest BCUT2D eigenvalue weighted by molar-refractivity contribution is 0.0264. The molecule has 1 N–H and O–H groups in total. The van der Waals surface area contributed by atoms with Crippen molar-refractivity contribution in [2.24, 2.45) is 4.99 Å². The van der Waals surface area contributed by atoms with Gasteiger partial charge in [-0.1, -0.05) is 18.2 Å². The van der Waals surface area contributed by atoms with E-state index in [2.05, 4.69) is 24.1 Å². The van der Waals surface area contributed by atoms with Gasteiger partial charge in [-0.15, -0.1) is 0 Å². The van der Waals surface area contributed by atoms with Gasteiger partial charge in [-0.2, -0.15) is 0 Å². The van der Waals surface area contributed by atoms with Crippen LogP contribution in [0.3, 0.4) is 0 Å². The maximum atomic E-state index is 5.73. The zero-order valence-electron chi connectivity index (χ0n) is 15.7. The fraction of sp³-hybridized carbons (Fsp3) is 0.650. The molecule has 0 aliphatic carbocycles. The van der Waals surface area contributed by atoms with Crippen LogP contribution in [0.25, 0.3) is 0 Å². The number of piperidine rings is 1. The van der Waals surface area contributed by atoms with Gasteiger partial charge in [-0.05, 0) is 51.7 Å². The number of rotatable bonds is 9. The van der Waals surface area contributed by atoms with E-state index in [0.29, 0.717) is 6.10 Å². The van der Waals surface area contributed by atoms with Crippen molar-refractivity contribution < 1.29 is 9.47 Å². The molecule has 0 saturated carbocycles. The number of nitrogens with zero attached hydrogens (tertiary/aromatic N) is 2. The van der Waals surface area contributed by atoms with E-state index in [9.17, 15) is 0 Å². The number of hydrogen-bond donors (Lipinski definition) is 1. The fourth-order valence-electron chi connectivity index (χ4n) is 3.00. The Morgan fingerprint density at radius 1 is 1.16 bits per heavy atom. The minimum Gasteiger partial charge on any atom is -0.494 e. The van der Waals surface area contributed by atoms with Gasteiger partial charge in [0.25, 0.3) is 0 Å². The standard InChI is InChI=1S/C20H33N3O2/c1-3-21-20(23-15-12-19(13-16-23)24-4-2)22-14-8-9-17-25-18-10-6-5-7-11-18/h5-7,10-11,19H,3-4,8-9,12-17H2,1-2H3,(H,21,22). The summed E-state index contributed by atoms with van der Waals surface area (Å²) in [7, 11) is 0. The highest BCUT2D eigenvalue weighted by molar-refractivity contribution is 5.80. The number of likely N-dealkylation sites (tertiary alicyclic amines) is 1. The van der Waals surface area contributed by atoms with E-state index in [1.165, 1.54) is 0 Å². The maximum absolute atomic E-state index is 5.73. The van der Waals surface area contributed by atoms with Gasteiger partial charge in [-0.25, -0.2) is 0 Å². The van der Waals surface area contributed by atoms with E-state index in [1.54, 1.807) is 0 Å². The van der Waals surface area contributed by atoms with Crippen LogP contribution < -0.4 is 10.1 Å². The lowest BCUT2D eigenvalue weighted by atomic mass is 10.1. The van der Waals surface area contributed by atoms with Gasteiger partial charge >= 0.3 is 0 Å². The van der Waals surface area contributed by atoms with Crippen LogP contribution in [0.1, 0.15) is 39.5 Å². The summed E-state index contributed by atoms with van der Waals surface area (Å²) < 4.78 is 11.5. The number of guanidine groups is 1. The van der Waals surface area contributed by atoms with Crippen molar-refractivity contribution in [3.8, 4) is 5.75 Å². The second kappa shape index (κ2) is 11.7. The molecule has 1 saturated heterocycles. The third-order valence-electron chi connectivity index (χ3n) is 4.30. The van der Waals surface area contributed by atoms with Crippen LogP contribution in [0.4, 0.5) is 0 Å². The molecule has 1 heterocycles. The minimum absolute atomic E-state index is 0.416. The van der Waals surface area contributed by atoms with Crippen LogP contribution in [0.2, 0.25) is 0 Å². The lowest BCUT2D eigenvalue weighted by Crippen LogP contribution is -2.47. The zero-order valence-corrected chi connectivity index (χ0v) is 15.7. The highest BCUT2D eigenvalue weighted by Crippen LogP contribution is 2.14. The molecule has 0 aromatic heterocycles. The number of unbranched alkanes of at least 4 members (excludes halogenated alkanes) is 1. The Morgan fingerprint density at radius 3 is 2.60 bits per heavy atom. The Bertz CT molecular complexity index is 485. The topological polar surface area (TPSA) is 46.1 Å². The first kappa shape index (κ1) is 19.6. The Labute approximate surface area is 152 Å². The zero-order chi connectivity index (χ0) is 17.7. The molecule has 0 radical (unpaired) electrons. The summed E-state index contributed by atoms with van der Waals surface area (Å²) in [5, 5.41) is 3.42. The largest absolute Gasteiger partial charge is 0.494 e. The molecular formula is C20H33N3O2. The van der Waals surface area contributed by atoms with E-state index in [-0.39, 0.29) is 0 Å². The molecule has 0 spiro atoms. The molecule has 0 unspecified atom stereocenters. The fourth-order valence-corrected chi connectivity index (χ4v) is 3.00. The van der Waals surface area contributed by atoms with Gasteiger partial charge in [-0.3, -0.25) is 4.99 Å². The number of hydrogen-bond acceptors (Lipinski definition) is 3. The summed E-state index contributed by atoms with van der Waals surface area (Å²) in [6.45, 7) is 9.53. The average Bonchev–Trinajstić information content (AvgIpc) is 2.65. The second-order valence-corrected chi connectivity index (χ2v) is 6.25. The maximum Gasteiger partial charge on any atom is 0.193 e. The predicted molar refractivity (Wildman–Crippen MR) is 103 cm³/mol. The first-order valence-corrected chi connectivity index (χ1v) is 9.66. The van der Waals surface area contributed by atoms with Gasteiger partial charge in [0.2, 0.25) is 0 Å². The molecule has 5 heteroatoms. The highest BCUT2D eigenvalue weighted by Gasteiger charge is 2.21. The van der Waals surface area contributed by atoms with Crippen LogP contribution in [-0.4, -0.2) is 56.4 Å². The van der Waals surface area contributed by atoms with Crippen molar-refractivity contribution in [1.29, 1.82) is 0 Å². The van der Waals surface area contributed by atoms with Crippen LogP contribution in [0.5, 0.6) is 5.75 Å². The first-order chi connectivity index (χ1) is 12.3. The Balaban J connectivity index is 1.67. The van der Waals surface area contributed by atoms with Crippen molar-refractivity contribution in [2.45, 2.75) is 45.6 Å². The second-order valence-electron chi connectivity index (χ2n) is 6.25. The molecule has 140 valence electrons. The summed E-state index contributed by atoms with van der Waals surface area (Å²) in [4.78, 5) is 7.15. The molecule has 0 amide bonds. The lowest BCUT2D eigenvalue weighted by Gasteiger charge is -2.34. The molecule has 1 aromatic rings. The van der Waals surface area contributed by atoms with Crippen molar-refractivity contribution in [3.63, 3.8) is 0 Å². The number of ether oxygens (including phenoxy) is 2. The molecule has 2 rings (SSSR count). The number of aliphatic imine (C=N–C) groups is 1. The molecule has 1 aliphatic rings. The molecular weight excluding hydrogens is 314 g/mol. The molecule has 5 nitrogen and oxygen atoms in total. The Morgan fingerprint density at radius 2 is 1.92 bits per heavy atom. The summed E-state index contributed by atoms with van der Waals surface area (Å²) in [6.07, 6.45) is 4.65. The van der Waals surface area contributed by atoms with Gasteiger partial charge in [0.15, 0.2) is 5.96 Å². The first-order valence-electron chi connectivity index (χ1n) is 9.66. The van der Waals surface area contributed by atoms with Gasteiger partial charge in [0, 0.05) is 32.8 Å². The summed E-state index contributed by atoms with van der Waals surface area (Å²) in [5.74, 6) is 1.98. The number of nitrogens with one attached hydrogen (secondary N) is 1. The monoisotopic (exact) mass is 347 g/mol. The Kier molecular flexibility index (Phi) is 9.19. The SMILES string of the molecule is CCNC(=NCCCCOc1ccccc1)N1CCC(OCC)CC1. The van der Waals surface area contributed by atoms with E-state index >= 15 is 0 Å². The van der Waals surface area contributed by atoms with Gasteiger partial charge in [0.1, 0.15) is 5.75 Å². The summed E-state index contributed by atoms with van der Waals surface area (Å²) >= 11 is 0. The minimum atomic E-state index is 0.416. The molecule has 0 atom stereocenters. The molecule has 1 aliphatic heterocycles. The van der Waals surface area contributed by atoms with Gasteiger partial charge < -0.3 is 19.7 Å². The van der Waals surface area contributed by atoms with Crippen molar-refractivity contribution in [1.82, 2.24) is 10.2 Å². The third kappa shape index (κ3) is 7.34. The van der Waals surface area contributed by atoms with Crippen LogP contribution >= 0.6 is 0 Å². The van der Waals surface area contributed by atoms with Crippen LogP contribution in [0.15, 0.2) is 35.3 Å². The van der Waals surface area contributed by atoms with Crippen molar-refractivity contribution in [2.75, 3.05) is 39.4 Å². The average molecular weight is 348 g/mol. The molecule has 25 heavy (non-hydrogen) atoms. The highest BCUT2D eigenvalue weighted by atomic mass is 16.5. The number of benzene rings is 1. The van der Waals surface area contributed by atoms with Crippen LogP contribution in [-0.2, 0) is 4.74 Å². The molecule has 1 fully saturated rings. The smallest absolute Gasteiger partial charge is 0.193 e. The third-order valence-corrected chi connectivity index (χ3v) is 4.30. The molecule has 1 aromatic carbocycles. The van der Waals surface area contributed by atoms with E-state index in [1.807, 2.05) is 30.3 Å². The number of para-hydroxylation sites is 1. The van der Waals surface area contributed by atoms with Crippen molar-refractivity contribution in [3.05, 3.63) is 30.3 Å². The van der Waals surface area contributed by atoms with Gasteiger partial charge in [0.05, 0.1) is 12.7 Å². The summed E-state index contributed by atoms with van der Waals surface area (Å²) in [5.41, 5.74) is 0.